The summed E-state index contributed by atoms with van der Waals surface area (Å²) in [6.07, 6.45) is 9.16. The van der Waals surface area contributed by atoms with Gasteiger partial charge in [-0.15, -0.1) is 11.6 Å². The average Bonchev–Trinajstić information content (AvgIpc) is 3.25. The third-order valence-electron chi connectivity index (χ3n) is 3.35. The maximum Gasteiger partial charge on any atom is 0.142 e. The van der Waals surface area contributed by atoms with Crippen LogP contribution >= 0.6 is 11.6 Å². The zero-order valence-corrected chi connectivity index (χ0v) is 11.7. The molecule has 3 rings (SSSR count). The van der Waals surface area contributed by atoms with Crippen LogP contribution < -0.4 is 10.7 Å². The Morgan fingerprint density at radius 1 is 1.40 bits per heavy atom. The maximum atomic E-state index is 12.7. The highest BCUT2D eigenvalue weighted by Gasteiger charge is 2.27. The Morgan fingerprint density at radius 2 is 2.25 bits per heavy atom. The first kappa shape index (κ1) is 13.3. The molecule has 104 valence electrons. The minimum absolute atomic E-state index is 0.387. The van der Waals surface area contributed by atoms with E-state index in [1.165, 1.54) is 6.08 Å². The van der Waals surface area contributed by atoms with Gasteiger partial charge < -0.3 is 4.57 Å². The molecule has 0 spiro atoms. The Balaban J connectivity index is 2.27. The summed E-state index contributed by atoms with van der Waals surface area (Å²) in [4.78, 5) is 8.73. The summed E-state index contributed by atoms with van der Waals surface area (Å²) >= 11 is 5.84. The second kappa shape index (κ2) is 5.75. The highest BCUT2D eigenvalue weighted by molar-refractivity contribution is 6.20. The highest BCUT2D eigenvalue weighted by Crippen LogP contribution is 2.36. The molecular formula is C15H15ClFN3. The summed E-state index contributed by atoms with van der Waals surface area (Å²) in [5.41, 5.74) is 0.946. The first-order valence-electron chi connectivity index (χ1n) is 6.66. The van der Waals surface area contributed by atoms with E-state index in [2.05, 4.69) is 14.5 Å². The van der Waals surface area contributed by atoms with Gasteiger partial charge in [0.25, 0.3) is 0 Å². The molecule has 0 aromatic carbocycles. The predicted molar refractivity (Wildman–Crippen MR) is 78.6 cm³/mol. The number of halogens is 2. The van der Waals surface area contributed by atoms with Gasteiger partial charge in [-0.3, -0.25) is 4.98 Å². The van der Waals surface area contributed by atoms with Gasteiger partial charge in [-0.05, 0) is 37.1 Å². The van der Waals surface area contributed by atoms with Gasteiger partial charge in [0.1, 0.15) is 12.5 Å². The molecule has 2 aromatic heterocycles. The van der Waals surface area contributed by atoms with Crippen molar-refractivity contribution in [3.8, 4) is 11.4 Å². The summed E-state index contributed by atoms with van der Waals surface area (Å²) in [6, 6.07) is 4.29. The number of imidazole rings is 1. The van der Waals surface area contributed by atoms with Gasteiger partial charge in [-0.1, -0.05) is 0 Å². The zero-order chi connectivity index (χ0) is 13.9. The molecule has 0 amide bonds. The standard InChI is InChI=1S/C15H15ClFN3/c16-7-5-14-13(6-8-17)19-15(20(14)12-3-4-12)11-2-1-9-18-10-11/h1-2,5-6,9-10,12H,3-4,7-8H2/b13-6+,14-5+. The maximum absolute atomic E-state index is 12.7. The molecule has 20 heavy (non-hydrogen) atoms. The van der Waals surface area contributed by atoms with Crippen LogP contribution in [0.25, 0.3) is 23.5 Å². The molecule has 0 atom stereocenters. The van der Waals surface area contributed by atoms with Crippen LogP contribution in [0.5, 0.6) is 0 Å². The van der Waals surface area contributed by atoms with Crippen molar-refractivity contribution in [2.45, 2.75) is 18.9 Å². The fourth-order valence-corrected chi connectivity index (χ4v) is 2.51. The molecule has 1 aliphatic carbocycles. The summed E-state index contributed by atoms with van der Waals surface area (Å²) in [6.45, 7) is -0.530. The second-order valence-corrected chi connectivity index (χ2v) is 5.07. The van der Waals surface area contributed by atoms with Crippen LogP contribution in [0.3, 0.4) is 0 Å². The van der Waals surface area contributed by atoms with E-state index in [1.807, 2.05) is 18.2 Å². The fourth-order valence-electron chi connectivity index (χ4n) is 2.36. The van der Waals surface area contributed by atoms with Crippen LogP contribution in [0, 0.1) is 0 Å². The average molecular weight is 292 g/mol. The lowest BCUT2D eigenvalue weighted by Crippen LogP contribution is -2.30. The van der Waals surface area contributed by atoms with E-state index in [-0.39, 0.29) is 0 Å². The summed E-state index contributed by atoms with van der Waals surface area (Å²) < 4.78 is 14.9. The van der Waals surface area contributed by atoms with Crippen LogP contribution in [0.2, 0.25) is 0 Å². The van der Waals surface area contributed by atoms with Crippen LogP contribution in [0.1, 0.15) is 18.9 Å². The molecule has 1 fully saturated rings. The molecule has 5 heteroatoms. The quantitative estimate of drug-likeness (QED) is 0.807. The Hall–Kier alpha value is -1.68. The van der Waals surface area contributed by atoms with Crippen LogP contribution in [-0.4, -0.2) is 27.1 Å². The molecule has 0 saturated heterocycles. The van der Waals surface area contributed by atoms with Gasteiger partial charge in [0.15, 0.2) is 0 Å². The van der Waals surface area contributed by atoms with Gasteiger partial charge >= 0.3 is 0 Å². The van der Waals surface area contributed by atoms with E-state index >= 15 is 0 Å². The molecule has 0 unspecified atom stereocenters. The molecule has 0 N–H and O–H groups in total. The number of rotatable bonds is 4. The number of nitrogens with zero attached hydrogens (tertiary/aromatic N) is 3. The van der Waals surface area contributed by atoms with E-state index in [0.717, 1.165) is 29.6 Å². The molecule has 0 radical (unpaired) electrons. The van der Waals surface area contributed by atoms with Crippen molar-refractivity contribution in [3.63, 3.8) is 0 Å². The smallest absolute Gasteiger partial charge is 0.142 e. The monoisotopic (exact) mass is 291 g/mol. The zero-order valence-electron chi connectivity index (χ0n) is 11.0. The lowest BCUT2D eigenvalue weighted by Gasteiger charge is -2.06. The minimum atomic E-state index is -0.530. The van der Waals surface area contributed by atoms with Crippen molar-refractivity contribution >= 4 is 23.8 Å². The van der Waals surface area contributed by atoms with Gasteiger partial charge in [-0.2, -0.15) is 0 Å². The van der Waals surface area contributed by atoms with E-state index in [1.54, 1.807) is 12.4 Å². The van der Waals surface area contributed by atoms with Crippen molar-refractivity contribution in [3.05, 3.63) is 35.2 Å². The number of hydrogen-bond acceptors (Lipinski definition) is 2. The van der Waals surface area contributed by atoms with Crippen LogP contribution in [0.4, 0.5) is 4.39 Å². The molecular weight excluding hydrogens is 277 g/mol. The number of alkyl halides is 2. The van der Waals surface area contributed by atoms with E-state index in [0.29, 0.717) is 17.3 Å². The van der Waals surface area contributed by atoms with Gasteiger partial charge in [0.2, 0.25) is 0 Å². The molecule has 0 aliphatic heterocycles. The molecule has 1 saturated carbocycles. The topological polar surface area (TPSA) is 30.7 Å². The van der Waals surface area contributed by atoms with Crippen molar-refractivity contribution in [2.75, 3.05) is 12.6 Å². The van der Waals surface area contributed by atoms with Crippen LogP contribution in [-0.2, 0) is 0 Å². The van der Waals surface area contributed by atoms with E-state index in [9.17, 15) is 4.39 Å². The Kier molecular flexibility index (Phi) is 3.83. The summed E-state index contributed by atoms with van der Waals surface area (Å²) in [7, 11) is 0. The number of hydrogen-bond donors (Lipinski definition) is 0. The van der Waals surface area contributed by atoms with Gasteiger partial charge in [0.05, 0.1) is 10.7 Å². The van der Waals surface area contributed by atoms with Gasteiger partial charge in [-0.25, -0.2) is 9.37 Å². The highest BCUT2D eigenvalue weighted by atomic mass is 35.5. The lowest BCUT2D eigenvalue weighted by atomic mass is 10.2. The number of pyridine rings is 1. The summed E-state index contributed by atoms with van der Waals surface area (Å²) in [5.74, 6) is 1.23. The van der Waals surface area contributed by atoms with E-state index in [4.69, 9.17) is 11.6 Å². The summed E-state index contributed by atoms with van der Waals surface area (Å²) in [5, 5.41) is 1.58. The Bertz CT molecular complexity index is 705. The SMILES string of the molecule is FC/C=c1/nc(-c2cccnc2)n(C2CC2)/c1=C/CCl. The largest absolute Gasteiger partial charge is 0.321 e. The Morgan fingerprint density at radius 3 is 2.85 bits per heavy atom. The molecule has 2 heterocycles. The molecule has 2 aromatic rings. The normalized spacial score (nSPS) is 16.9. The third kappa shape index (κ3) is 2.48. The fraction of sp³-hybridized carbons (Fsp3) is 0.333. The van der Waals surface area contributed by atoms with Crippen molar-refractivity contribution < 1.29 is 4.39 Å². The number of aromatic nitrogens is 3. The first-order valence-corrected chi connectivity index (χ1v) is 7.19. The first-order chi connectivity index (χ1) is 9.85. The molecule has 0 bridgehead atoms. The van der Waals surface area contributed by atoms with Crippen molar-refractivity contribution in [1.29, 1.82) is 0 Å². The minimum Gasteiger partial charge on any atom is -0.321 e. The predicted octanol–water partition coefficient (Wildman–Crippen LogP) is 2.05. The molecule has 3 nitrogen and oxygen atoms in total. The van der Waals surface area contributed by atoms with Crippen molar-refractivity contribution in [2.24, 2.45) is 0 Å². The second-order valence-electron chi connectivity index (χ2n) is 4.77. The van der Waals surface area contributed by atoms with Gasteiger partial charge in [0, 0.05) is 29.9 Å². The van der Waals surface area contributed by atoms with Crippen LogP contribution in [0.15, 0.2) is 24.5 Å². The lowest BCUT2D eigenvalue weighted by molar-refractivity contribution is 0.578. The Labute approximate surface area is 121 Å². The van der Waals surface area contributed by atoms with E-state index < -0.39 is 6.67 Å². The third-order valence-corrected chi connectivity index (χ3v) is 3.50. The molecule has 1 aliphatic rings. The van der Waals surface area contributed by atoms with Crippen molar-refractivity contribution in [1.82, 2.24) is 14.5 Å².